The van der Waals surface area contributed by atoms with Gasteiger partial charge in [0.15, 0.2) is 0 Å². The summed E-state index contributed by atoms with van der Waals surface area (Å²) in [5.41, 5.74) is 1.87. The predicted octanol–water partition coefficient (Wildman–Crippen LogP) is 3.73. The van der Waals surface area contributed by atoms with Crippen molar-refractivity contribution >= 4 is 0 Å². The van der Waals surface area contributed by atoms with Crippen LogP contribution in [0.3, 0.4) is 0 Å². The van der Waals surface area contributed by atoms with Gasteiger partial charge in [-0.25, -0.2) is 4.98 Å². The molecule has 2 aliphatic rings. The lowest BCUT2D eigenvalue weighted by molar-refractivity contribution is 0.0928. The Morgan fingerprint density at radius 2 is 1.82 bits per heavy atom. The monoisotopic (exact) mass is 385 g/mol. The summed E-state index contributed by atoms with van der Waals surface area (Å²) in [5.74, 6) is 2.95. The molecule has 1 aromatic heterocycles. The molecule has 2 fully saturated rings. The minimum Gasteiger partial charge on any atom is -0.497 e. The van der Waals surface area contributed by atoms with Gasteiger partial charge < -0.3 is 13.9 Å². The number of hydrogen-bond acceptors (Lipinski definition) is 6. The highest BCUT2D eigenvalue weighted by Gasteiger charge is 2.27. The Balaban J connectivity index is 1.42. The molecule has 1 aromatic carbocycles. The minimum absolute atomic E-state index is 0.608. The molecule has 6 nitrogen and oxygen atoms in total. The molecule has 4 rings (SSSR count). The van der Waals surface area contributed by atoms with Crippen LogP contribution in [0.1, 0.15) is 37.1 Å². The zero-order chi connectivity index (χ0) is 19.5. The first-order valence-corrected chi connectivity index (χ1v) is 10.3. The van der Waals surface area contributed by atoms with Crippen molar-refractivity contribution in [2.45, 2.75) is 45.2 Å². The van der Waals surface area contributed by atoms with Crippen LogP contribution in [0.15, 0.2) is 22.6 Å². The fourth-order valence-corrected chi connectivity index (χ4v) is 4.43. The maximum Gasteiger partial charge on any atom is 0.230 e. The number of hydrogen-bond donors (Lipinski definition) is 0. The topological polar surface area (TPSA) is 51.0 Å². The fourth-order valence-electron chi connectivity index (χ4n) is 4.43. The lowest BCUT2D eigenvalue weighted by Gasteiger charge is -2.37. The van der Waals surface area contributed by atoms with Gasteiger partial charge in [0, 0.05) is 44.8 Å². The van der Waals surface area contributed by atoms with Gasteiger partial charge in [-0.15, -0.1) is 0 Å². The molecule has 0 N–H and O–H groups in total. The van der Waals surface area contributed by atoms with Crippen molar-refractivity contribution in [3.8, 4) is 23.0 Å². The van der Waals surface area contributed by atoms with Gasteiger partial charge in [0.2, 0.25) is 5.89 Å². The molecule has 1 aliphatic heterocycles. The van der Waals surface area contributed by atoms with Crippen molar-refractivity contribution in [1.82, 2.24) is 14.8 Å². The van der Waals surface area contributed by atoms with E-state index in [0.717, 1.165) is 48.4 Å². The van der Waals surface area contributed by atoms with Gasteiger partial charge in [0.1, 0.15) is 17.3 Å². The molecule has 152 valence electrons. The van der Waals surface area contributed by atoms with E-state index in [1.807, 2.05) is 25.1 Å². The normalized spacial score (nSPS) is 19.2. The van der Waals surface area contributed by atoms with Crippen molar-refractivity contribution in [3.05, 3.63) is 29.7 Å². The summed E-state index contributed by atoms with van der Waals surface area (Å²) in [7, 11) is 3.30. The largest absolute Gasteiger partial charge is 0.497 e. The SMILES string of the molecule is COc1ccc(-c2nc(CN3CCN(C4CCCC4)CC3)c(C)o2)c(OC)c1. The van der Waals surface area contributed by atoms with Crippen LogP contribution in [0, 0.1) is 6.92 Å². The van der Waals surface area contributed by atoms with Crippen molar-refractivity contribution in [2.75, 3.05) is 40.4 Å². The van der Waals surface area contributed by atoms with Crippen LogP contribution in [0.5, 0.6) is 11.5 Å². The van der Waals surface area contributed by atoms with Gasteiger partial charge in [-0.3, -0.25) is 9.80 Å². The Hall–Kier alpha value is -2.05. The second-order valence-corrected chi connectivity index (χ2v) is 7.84. The Morgan fingerprint density at radius 1 is 1.07 bits per heavy atom. The molecule has 0 amide bonds. The lowest BCUT2D eigenvalue weighted by atomic mass is 10.1. The predicted molar refractivity (Wildman–Crippen MR) is 109 cm³/mol. The highest BCUT2D eigenvalue weighted by atomic mass is 16.5. The van der Waals surface area contributed by atoms with E-state index in [9.17, 15) is 0 Å². The number of rotatable bonds is 6. The van der Waals surface area contributed by atoms with Crippen LogP contribution in [0.4, 0.5) is 0 Å². The molecule has 28 heavy (non-hydrogen) atoms. The minimum atomic E-state index is 0.608. The maximum atomic E-state index is 5.99. The second kappa shape index (κ2) is 8.53. The van der Waals surface area contributed by atoms with Gasteiger partial charge in [0.25, 0.3) is 0 Å². The summed E-state index contributed by atoms with van der Waals surface area (Å²) >= 11 is 0. The van der Waals surface area contributed by atoms with Crippen LogP contribution in [0.2, 0.25) is 0 Å². The first-order chi connectivity index (χ1) is 13.7. The van der Waals surface area contributed by atoms with E-state index >= 15 is 0 Å². The van der Waals surface area contributed by atoms with E-state index in [2.05, 4.69) is 9.80 Å². The van der Waals surface area contributed by atoms with Crippen molar-refractivity contribution in [1.29, 1.82) is 0 Å². The van der Waals surface area contributed by atoms with E-state index in [-0.39, 0.29) is 0 Å². The first kappa shape index (κ1) is 19.3. The summed E-state index contributed by atoms with van der Waals surface area (Å²) in [4.78, 5) is 9.97. The van der Waals surface area contributed by atoms with Crippen LogP contribution in [0.25, 0.3) is 11.5 Å². The molecule has 0 unspecified atom stereocenters. The van der Waals surface area contributed by atoms with E-state index < -0.39 is 0 Å². The van der Waals surface area contributed by atoms with Crippen LogP contribution in [-0.2, 0) is 6.54 Å². The number of aryl methyl sites for hydroxylation is 1. The number of nitrogens with zero attached hydrogens (tertiary/aromatic N) is 3. The molecule has 0 atom stereocenters. The number of aromatic nitrogens is 1. The van der Waals surface area contributed by atoms with Crippen molar-refractivity contribution in [3.63, 3.8) is 0 Å². The average Bonchev–Trinajstić information content (AvgIpc) is 3.38. The third-order valence-electron chi connectivity index (χ3n) is 6.15. The molecule has 1 saturated heterocycles. The highest BCUT2D eigenvalue weighted by Crippen LogP contribution is 2.34. The van der Waals surface area contributed by atoms with E-state index in [1.165, 1.54) is 38.8 Å². The van der Waals surface area contributed by atoms with E-state index in [1.54, 1.807) is 14.2 Å². The quantitative estimate of drug-likeness (QED) is 0.755. The van der Waals surface area contributed by atoms with Crippen molar-refractivity contribution in [2.24, 2.45) is 0 Å². The molecule has 2 heterocycles. The zero-order valence-electron chi connectivity index (χ0n) is 17.2. The number of benzene rings is 1. The third-order valence-corrected chi connectivity index (χ3v) is 6.15. The summed E-state index contributed by atoms with van der Waals surface area (Å²) in [6, 6.07) is 6.52. The molecule has 1 aliphatic carbocycles. The van der Waals surface area contributed by atoms with Gasteiger partial charge in [-0.1, -0.05) is 12.8 Å². The standard InChI is InChI=1S/C22H31N3O3/c1-16-20(15-24-10-12-25(13-11-24)17-6-4-5-7-17)23-22(28-16)19-9-8-18(26-2)14-21(19)27-3/h8-9,14,17H,4-7,10-13,15H2,1-3H3. The number of piperazine rings is 1. The second-order valence-electron chi connectivity index (χ2n) is 7.84. The Morgan fingerprint density at radius 3 is 2.50 bits per heavy atom. The Kier molecular flexibility index (Phi) is 5.87. The molecular formula is C22H31N3O3. The molecule has 0 radical (unpaired) electrons. The van der Waals surface area contributed by atoms with Crippen molar-refractivity contribution < 1.29 is 13.9 Å². The van der Waals surface area contributed by atoms with Crippen LogP contribution < -0.4 is 9.47 Å². The summed E-state index contributed by atoms with van der Waals surface area (Å²) in [5, 5.41) is 0. The summed E-state index contributed by atoms with van der Waals surface area (Å²) in [6.07, 6.45) is 5.58. The molecule has 0 bridgehead atoms. The number of oxazole rings is 1. The maximum absolute atomic E-state index is 5.99. The highest BCUT2D eigenvalue weighted by molar-refractivity contribution is 5.65. The Labute approximate surface area is 167 Å². The molecule has 0 spiro atoms. The summed E-state index contributed by atoms with van der Waals surface area (Å²) < 4.78 is 16.8. The fraction of sp³-hybridized carbons (Fsp3) is 0.591. The van der Waals surface area contributed by atoms with Crippen LogP contribution >= 0.6 is 0 Å². The average molecular weight is 386 g/mol. The van der Waals surface area contributed by atoms with E-state index in [4.69, 9.17) is 18.9 Å². The molecule has 2 aromatic rings. The van der Waals surface area contributed by atoms with E-state index in [0.29, 0.717) is 11.6 Å². The molecule has 6 heteroatoms. The third kappa shape index (κ3) is 4.03. The summed E-state index contributed by atoms with van der Waals surface area (Å²) in [6.45, 7) is 7.37. The van der Waals surface area contributed by atoms with Gasteiger partial charge >= 0.3 is 0 Å². The number of methoxy groups -OCH3 is 2. The van der Waals surface area contributed by atoms with Gasteiger partial charge in [0.05, 0.1) is 25.5 Å². The van der Waals surface area contributed by atoms with Crippen LogP contribution in [-0.4, -0.2) is 61.2 Å². The van der Waals surface area contributed by atoms with Gasteiger partial charge in [-0.05, 0) is 31.9 Å². The van der Waals surface area contributed by atoms with Gasteiger partial charge in [-0.2, -0.15) is 0 Å². The number of ether oxygens (including phenoxy) is 2. The lowest BCUT2D eigenvalue weighted by Crippen LogP contribution is -2.49. The molecular weight excluding hydrogens is 354 g/mol. The molecule has 1 saturated carbocycles. The Bertz CT molecular complexity index is 790. The zero-order valence-corrected chi connectivity index (χ0v) is 17.2. The first-order valence-electron chi connectivity index (χ1n) is 10.3. The smallest absolute Gasteiger partial charge is 0.230 e.